The van der Waals surface area contributed by atoms with E-state index in [-0.39, 0.29) is 11.7 Å². The molecule has 0 heterocycles. The van der Waals surface area contributed by atoms with Crippen molar-refractivity contribution >= 4 is 29.0 Å². The maximum absolute atomic E-state index is 11.3. The molecule has 0 aromatic heterocycles. The molecule has 3 heteroatoms. The Morgan fingerprint density at radius 2 is 1.77 bits per heavy atom. The molecule has 1 rings (SSSR count). The van der Waals surface area contributed by atoms with Crippen molar-refractivity contribution in [3.8, 4) is 0 Å². The second-order valence-electron chi connectivity index (χ2n) is 2.98. The molecule has 0 atom stereocenters. The molecule has 0 unspecified atom stereocenters. The lowest BCUT2D eigenvalue weighted by atomic mass is 10.0. The SMILES string of the molecule is Cc1cc(C(=O)CCl)cc(C)c1Cl. The number of carbonyl (C=O) groups is 1. The third-order valence-corrected chi connectivity index (χ3v) is 2.72. The van der Waals surface area contributed by atoms with Crippen LogP contribution >= 0.6 is 23.2 Å². The summed E-state index contributed by atoms with van der Waals surface area (Å²) in [4.78, 5) is 11.3. The Morgan fingerprint density at radius 3 is 2.15 bits per heavy atom. The third-order valence-electron chi connectivity index (χ3n) is 1.88. The van der Waals surface area contributed by atoms with Gasteiger partial charge >= 0.3 is 0 Å². The van der Waals surface area contributed by atoms with Gasteiger partial charge in [0.15, 0.2) is 5.78 Å². The van der Waals surface area contributed by atoms with E-state index in [1.54, 1.807) is 12.1 Å². The average Bonchev–Trinajstić information content (AvgIpc) is 2.12. The summed E-state index contributed by atoms with van der Waals surface area (Å²) in [6.45, 7) is 3.75. The van der Waals surface area contributed by atoms with E-state index in [0.717, 1.165) is 11.1 Å². The maximum atomic E-state index is 11.3. The Balaban J connectivity index is 3.20. The summed E-state index contributed by atoms with van der Waals surface area (Å²) in [5.41, 5.74) is 2.46. The normalized spacial score (nSPS) is 10.2. The van der Waals surface area contributed by atoms with E-state index >= 15 is 0 Å². The Kier molecular flexibility index (Phi) is 3.34. The second kappa shape index (κ2) is 4.12. The Labute approximate surface area is 87.7 Å². The number of alkyl halides is 1. The van der Waals surface area contributed by atoms with Crippen LogP contribution in [0.2, 0.25) is 5.02 Å². The highest BCUT2D eigenvalue weighted by Gasteiger charge is 2.08. The highest BCUT2D eigenvalue weighted by atomic mass is 35.5. The van der Waals surface area contributed by atoms with Crippen molar-refractivity contribution in [2.24, 2.45) is 0 Å². The van der Waals surface area contributed by atoms with E-state index in [1.807, 2.05) is 13.8 Å². The number of rotatable bonds is 2. The van der Waals surface area contributed by atoms with Crippen molar-refractivity contribution in [2.45, 2.75) is 13.8 Å². The fraction of sp³-hybridized carbons (Fsp3) is 0.300. The summed E-state index contributed by atoms with van der Waals surface area (Å²) < 4.78 is 0. The van der Waals surface area contributed by atoms with Crippen LogP contribution in [0.3, 0.4) is 0 Å². The first-order valence-corrected chi connectivity index (χ1v) is 4.83. The van der Waals surface area contributed by atoms with E-state index < -0.39 is 0 Å². The molecule has 0 radical (unpaired) electrons. The lowest BCUT2D eigenvalue weighted by Crippen LogP contribution is -2.01. The maximum Gasteiger partial charge on any atom is 0.177 e. The van der Waals surface area contributed by atoms with Gasteiger partial charge < -0.3 is 0 Å². The van der Waals surface area contributed by atoms with Crippen molar-refractivity contribution < 1.29 is 4.79 Å². The molecule has 0 N–H and O–H groups in total. The van der Waals surface area contributed by atoms with E-state index in [4.69, 9.17) is 23.2 Å². The molecule has 0 aliphatic heterocycles. The fourth-order valence-corrected chi connectivity index (χ4v) is 1.45. The summed E-state index contributed by atoms with van der Waals surface area (Å²) in [6, 6.07) is 3.53. The summed E-state index contributed by atoms with van der Waals surface area (Å²) in [6.07, 6.45) is 0. The second-order valence-corrected chi connectivity index (χ2v) is 3.63. The van der Waals surface area contributed by atoms with Crippen LogP contribution in [0.5, 0.6) is 0 Å². The number of hydrogen-bond donors (Lipinski definition) is 0. The van der Waals surface area contributed by atoms with Crippen LogP contribution in [0.25, 0.3) is 0 Å². The molecular weight excluding hydrogens is 207 g/mol. The summed E-state index contributed by atoms with van der Waals surface area (Å²) in [5, 5.41) is 0.714. The molecule has 0 saturated carbocycles. The number of halogens is 2. The molecule has 0 spiro atoms. The minimum absolute atomic E-state index is 0.0144. The predicted molar refractivity (Wildman–Crippen MR) is 56.0 cm³/mol. The highest BCUT2D eigenvalue weighted by molar-refractivity contribution is 6.33. The van der Waals surface area contributed by atoms with Crippen LogP contribution in [0, 0.1) is 13.8 Å². The number of benzene rings is 1. The van der Waals surface area contributed by atoms with Gasteiger partial charge in [-0.15, -0.1) is 11.6 Å². The van der Waals surface area contributed by atoms with Gasteiger partial charge in [-0.05, 0) is 37.1 Å². The molecule has 0 bridgehead atoms. The van der Waals surface area contributed by atoms with Crippen molar-refractivity contribution in [1.82, 2.24) is 0 Å². The lowest BCUT2D eigenvalue weighted by Gasteiger charge is -2.05. The molecule has 1 aromatic carbocycles. The largest absolute Gasteiger partial charge is 0.293 e. The molecular formula is C10H10Cl2O. The molecule has 0 saturated heterocycles. The van der Waals surface area contributed by atoms with Crippen LogP contribution < -0.4 is 0 Å². The standard InChI is InChI=1S/C10H10Cl2O/c1-6-3-8(9(13)5-11)4-7(2)10(6)12/h3-4H,5H2,1-2H3. The summed E-state index contributed by atoms with van der Waals surface area (Å²) in [5.74, 6) is -0.0508. The number of aryl methyl sites for hydroxylation is 2. The summed E-state index contributed by atoms with van der Waals surface area (Å²) in [7, 11) is 0. The van der Waals surface area contributed by atoms with Crippen LogP contribution in [0.15, 0.2) is 12.1 Å². The first-order valence-electron chi connectivity index (χ1n) is 3.92. The van der Waals surface area contributed by atoms with E-state index in [9.17, 15) is 4.79 Å². The third kappa shape index (κ3) is 2.23. The minimum Gasteiger partial charge on any atom is -0.293 e. The van der Waals surface area contributed by atoms with Crippen LogP contribution in [-0.2, 0) is 0 Å². The number of carbonyl (C=O) groups excluding carboxylic acids is 1. The molecule has 0 fully saturated rings. The molecule has 13 heavy (non-hydrogen) atoms. The molecule has 70 valence electrons. The van der Waals surface area contributed by atoms with Crippen molar-refractivity contribution in [2.75, 3.05) is 5.88 Å². The zero-order valence-electron chi connectivity index (χ0n) is 7.53. The first kappa shape index (κ1) is 10.6. The van der Waals surface area contributed by atoms with Crippen molar-refractivity contribution in [3.63, 3.8) is 0 Å². The van der Waals surface area contributed by atoms with Gasteiger partial charge in [0.1, 0.15) is 0 Å². The van der Waals surface area contributed by atoms with Crippen molar-refractivity contribution in [1.29, 1.82) is 0 Å². The van der Waals surface area contributed by atoms with Crippen LogP contribution in [0.1, 0.15) is 21.5 Å². The zero-order chi connectivity index (χ0) is 10.0. The highest BCUT2D eigenvalue weighted by Crippen LogP contribution is 2.22. The lowest BCUT2D eigenvalue weighted by molar-refractivity contribution is 0.102. The van der Waals surface area contributed by atoms with E-state index in [2.05, 4.69) is 0 Å². The Hall–Kier alpha value is -0.530. The van der Waals surface area contributed by atoms with Crippen LogP contribution in [0.4, 0.5) is 0 Å². The van der Waals surface area contributed by atoms with E-state index in [1.165, 1.54) is 0 Å². The number of hydrogen-bond acceptors (Lipinski definition) is 1. The Morgan fingerprint density at radius 1 is 1.31 bits per heavy atom. The van der Waals surface area contributed by atoms with Gasteiger partial charge in [-0.1, -0.05) is 11.6 Å². The molecule has 1 nitrogen and oxygen atoms in total. The van der Waals surface area contributed by atoms with Crippen LogP contribution in [-0.4, -0.2) is 11.7 Å². The van der Waals surface area contributed by atoms with Gasteiger partial charge in [-0.3, -0.25) is 4.79 Å². The quantitative estimate of drug-likeness (QED) is 0.548. The minimum atomic E-state index is -0.0652. The van der Waals surface area contributed by atoms with Gasteiger partial charge in [-0.25, -0.2) is 0 Å². The molecule has 0 amide bonds. The molecule has 0 aliphatic carbocycles. The predicted octanol–water partition coefficient (Wildman–Crippen LogP) is 3.38. The number of Topliss-reactive ketones (excluding diaryl/α,β-unsaturated/α-hetero) is 1. The Bertz CT molecular complexity index is 322. The van der Waals surface area contributed by atoms with Gasteiger partial charge in [0.2, 0.25) is 0 Å². The molecule has 1 aromatic rings. The smallest absolute Gasteiger partial charge is 0.177 e. The molecule has 0 aliphatic rings. The average molecular weight is 217 g/mol. The van der Waals surface area contributed by atoms with Crippen molar-refractivity contribution in [3.05, 3.63) is 33.8 Å². The summed E-state index contributed by atoms with van der Waals surface area (Å²) >= 11 is 11.4. The topological polar surface area (TPSA) is 17.1 Å². The number of ketones is 1. The zero-order valence-corrected chi connectivity index (χ0v) is 9.04. The fourth-order valence-electron chi connectivity index (χ4n) is 1.18. The van der Waals surface area contributed by atoms with E-state index in [0.29, 0.717) is 10.6 Å². The first-order chi connectivity index (χ1) is 6.06. The van der Waals surface area contributed by atoms with Gasteiger partial charge in [0.05, 0.1) is 5.88 Å². The van der Waals surface area contributed by atoms with Gasteiger partial charge in [0.25, 0.3) is 0 Å². The monoisotopic (exact) mass is 216 g/mol. The van der Waals surface area contributed by atoms with Gasteiger partial charge in [0, 0.05) is 10.6 Å². The van der Waals surface area contributed by atoms with Gasteiger partial charge in [-0.2, -0.15) is 0 Å².